The molecule has 1 aliphatic rings. The minimum atomic E-state index is 0.194. The largest absolute Gasteiger partial charge is 0.307 e. The zero-order valence-corrected chi connectivity index (χ0v) is 14.6. The highest BCUT2D eigenvalue weighted by atomic mass is 32.1. The molecule has 1 saturated carbocycles. The lowest BCUT2D eigenvalue weighted by Crippen LogP contribution is -2.34. The SMILES string of the molecule is CCN(Cc1cc(CNC(C)(C)C)sc1C)CC1CC1. The highest BCUT2D eigenvalue weighted by molar-refractivity contribution is 7.12. The van der Waals surface area contributed by atoms with Gasteiger partial charge in [-0.05, 0) is 64.6 Å². The fourth-order valence-corrected chi connectivity index (χ4v) is 3.39. The summed E-state index contributed by atoms with van der Waals surface area (Å²) >= 11 is 1.95. The zero-order valence-electron chi connectivity index (χ0n) is 13.8. The van der Waals surface area contributed by atoms with E-state index in [9.17, 15) is 0 Å². The molecule has 0 unspecified atom stereocenters. The molecular weight excluding hydrogens is 264 g/mol. The summed E-state index contributed by atoms with van der Waals surface area (Å²) in [5.74, 6) is 0.982. The van der Waals surface area contributed by atoms with Crippen LogP contribution in [0.4, 0.5) is 0 Å². The van der Waals surface area contributed by atoms with E-state index in [4.69, 9.17) is 0 Å². The van der Waals surface area contributed by atoms with E-state index >= 15 is 0 Å². The number of thiophene rings is 1. The summed E-state index contributed by atoms with van der Waals surface area (Å²) in [4.78, 5) is 5.56. The van der Waals surface area contributed by atoms with Crippen LogP contribution < -0.4 is 5.32 Å². The lowest BCUT2D eigenvalue weighted by atomic mass is 10.1. The quantitative estimate of drug-likeness (QED) is 0.811. The summed E-state index contributed by atoms with van der Waals surface area (Å²) in [6.07, 6.45) is 2.89. The van der Waals surface area contributed by atoms with Gasteiger partial charge in [0.25, 0.3) is 0 Å². The number of hydrogen-bond acceptors (Lipinski definition) is 3. The summed E-state index contributed by atoms with van der Waals surface area (Å²) in [6, 6.07) is 2.41. The Kier molecular flexibility index (Phi) is 5.27. The Bertz CT molecular complexity index is 427. The molecule has 1 N–H and O–H groups in total. The Labute approximate surface area is 128 Å². The lowest BCUT2D eigenvalue weighted by Gasteiger charge is -2.20. The predicted molar refractivity (Wildman–Crippen MR) is 89.3 cm³/mol. The van der Waals surface area contributed by atoms with Crippen LogP contribution in [-0.4, -0.2) is 23.5 Å². The molecule has 2 rings (SSSR count). The molecule has 0 amide bonds. The lowest BCUT2D eigenvalue weighted by molar-refractivity contribution is 0.268. The van der Waals surface area contributed by atoms with Gasteiger partial charge in [-0.25, -0.2) is 0 Å². The van der Waals surface area contributed by atoms with Gasteiger partial charge in [0.05, 0.1) is 0 Å². The van der Waals surface area contributed by atoms with E-state index in [2.05, 4.69) is 50.9 Å². The Morgan fingerprint density at radius 1 is 1.35 bits per heavy atom. The third-order valence-corrected chi connectivity index (χ3v) is 5.01. The first-order valence-corrected chi connectivity index (χ1v) is 8.74. The normalized spacial score (nSPS) is 16.1. The van der Waals surface area contributed by atoms with E-state index < -0.39 is 0 Å². The number of rotatable bonds is 7. The van der Waals surface area contributed by atoms with E-state index in [0.717, 1.165) is 19.0 Å². The van der Waals surface area contributed by atoms with Crippen LogP contribution in [0, 0.1) is 12.8 Å². The van der Waals surface area contributed by atoms with Crippen LogP contribution >= 0.6 is 11.3 Å². The Hall–Kier alpha value is -0.380. The van der Waals surface area contributed by atoms with Crippen LogP contribution in [0.5, 0.6) is 0 Å². The minimum Gasteiger partial charge on any atom is -0.307 e. The van der Waals surface area contributed by atoms with E-state index in [1.165, 1.54) is 41.2 Å². The van der Waals surface area contributed by atoms with Crippen molar-refractivity contribution in [2.24, 2.45) is 5.92 Å². The topological polar surface area (TPSA) is 15.3 Å². The van der Waals surface area contributed by atoms with E-state index in [1.807, 2.05) is 11.3 Å². The molecule has 1 aromatic rings. The number of hydrogen-bond donors (Lipinski definition) is 1. The van der Waals surface area contributed by atoms with Crippen molar-refractivity contribution >= 4 is 11.3 Å². The van der Waals surface area contributed by atoms with Gasteiger partial charge in [0.1, 0.15) is 0 Å². The molecule has 3 heteroatoms. The van der Waals surface area contributed by atoms with Gasteiger partial charge < -0.3 is 5.32 Å². The maximum atomic E-state index is 3.59. The van der Waals surface area contributed by atoms with Crippen molar-refractivity contribution in [2.75, 3.05) is 13.1 Å². The van der Waals surface area contributed by atoms with E-state index in [0.29, 0.717) is 0 Å². The molecule has 1 heterocycles. The van der Waals surface area contributed by atoms with Gasteiger partial charge in [-0.1, -0.05) is 6.92 Å². The highest BCUT2D eigenvalue weighted by Gasteiger charge is 2.24. The number of aryl methyl sites for hydroxylation is 1. The summed E-state index contributed by atoms with van der Waals surface area (Å²) in [7, 11) is 0. The zero-order chi connectivity index (χ0) is 14.8. The van der Waals surface area contributed by atoms with Gasteiger partial charge in [-0.15, -0.1) is 11.3 Å². The third kappa shape index (κ3) is 5.19. The molecule has 1 aromatic heterocycles. The second kappa shape index (κ2) is 6.59. The van der Waals surface area contributed by atoms with Crippen molar-refractivity contribution in [1.82, 2.24) is 10.2 Å². The average molecular weight is 295 g/mol. The first-order valence-electron chi connectivity index (χ1n) is 7.93. The molecular formula is C17H30N2S. The molecule has 1 aliphatic carbocycles. The molecule has 0 aromatic carbocycles. The van der Waals surface area contributed by atoms with Crippen LogP contribution in [-0.2, 0) is 13.1 Å². The maximum absolute atomic E-state index is 3.59. The van der Waals surface area contributed by atoms with Crippen LogP contribution in [0.3, 0.4) is 0 Å². The van der Waals surface area contributed by atoms with Crippen LogP contribution in [0.1, 0.15) is 55.9 Å². The van der Waals surface area contributed by atoms with Crippen molar-refractivity contribution in [1.29, 1.82) is 0 Å². The Morgan fingerprint density at radius 2 is 2.05 bits per heavy atom. The molecule has 0 saturated heterocycles. The molecule has 2 nitrogen and oxygen atoms in total. The first-order chi connectivity index (χ1) is 9.37. The molecule has 0 aliphatic heterocycles. The summed E-state index contributed by atoms with van der Waals surface area (Å²) in [5.41, 5.74) is 1.72. The molecule has 114 valence electrons. The maximum Gasteiger partial charge on any atom is 0.0304 e. The van der Waals surface area contributed by atoms with Crippen molar-refractivity contribution < 1.29 is 0 Å². The first kappa shape index (κ1) is 16.0. The van der Waals surface area contributed by atoms with Gasteiger partial charge in [0, 0.05) is 34.9 Å². The monoisotopic (exact) mass is 294 g/mol. The summed E-state index contributed by atoms with van der Waals surface area (Å²) in [5, 5.41) is 3.59. The second-order valence-corrected chi connectivity index (χ2v) is 8.51. The van der Waals surface area contributed by atoms with Crippen molar-refractivity contribution in [2.45, 2.75) is 66.1 Å². The van der Waals surface area contributed by atoms with Crippen molar-refractivity contribution in [3.63, 3.8) is 0 Å². The molecule has 1 fully saturated rings. The standard InChI is InChI=1S/C17H30N2S/c1-6-19(11-14-7-8-14)12-15-9-16(20-13(15)2)10-18-17(3,4)5/h9,14,18H,6-8,10-12H2,1-5H3. The van der Waals surface area contributed by atoms with E-state index in [1.54, 1.807) is 0 Å². The Balaban J connectivity index is 1.91. The number of nitrogens with one attached hydrogen (secondary N) is 1. The van der Waals surface area contributed by atoms with Crippen LogP contribution in [0.15, 0.2) is 6.07 Å². The molecule has 0 bridgehead atoms. The molecule has 0 spiro atoms. The van der Waals surface area contributed by atoms with Crippen molar-refractivity contribution in [3.8, 4) is 0 Å². The van der Waals surface area contributed by atoms with Gasteiger partial charge in [0.15, 0.2) is 0 Å². The molecule has 20 heavy (non-hydrogen) atoms. The number of nitrogens with zero attached hydrogens (tertiary/aromatic N) is 1. The van der Waals surface area contributed by atoms with Crippen LogP contribution in [0.2, 0.25) is 0 Å². The predicted octanol–water partition coefficient (Wildman–Crippen LogP) is 4.18. The van der Waals surface area contributed by atoms with Gasteiger partial charge in [0.2, 0.25) is 0 Å². The summed E-state index contributed by atoms with van der Waals surface area (Å²) < 4.78 is 0. The van der Waals surface area contributed by atoms with Crippen LogP contribution in [0.25, 0.3) is 0 Å². The Morgan fingerprint density at radius 3 is 2.60 bits per heavy atom. The fraction of sp³-hybridized carbons (Fsp3) is 0.765. The smallest absolute Gasteiger partial charge is 0.0304 e. The van der Waals surface area contributed by atoms with Gasteiger partial charge >= 0.3 is 0 Å². The van der Waals surface area contributed by atoms with E-state index in [-0.39, 0.29) is 5.54 Å². The third-order valence-electron chi connectivity index (χ3n) is 3.92. The average Bonchev–Trinajstić information content (AvgIpc) is 3.10. The fourth-order valence-electron chi connectivity index (χ4n) is 2.40. The van der Waals surface area contributed by atoms with Gasteiger partial charge in [-0.3, -0.25) is 4.90 Å². The highest BCUT2D eigenvalue weighted by Crippen LogP contribution is 2.31. The summed E-state index contributed by atoms with van der Waals surface area (Å²) in [6.45, 7) is 15.8. The van der Waals surface area contributed by atoms with Crippen molar-refractivity contribution in [3.05, 3.63) is 21.4 Å². The molecule has 0 radical (unpaired) electrons. The minimum absolute atomic E-state index is 0.194. The molecule has 0 atom stereocenters. The van der Waals surface area contributed by atoms with Gasteiger partial charge in [-0.2, -0.15) is 0 Å². The second-order valence-electron chi connectivity index (χ2n) is 7.17.